The van der Waals surface area contributed by atoms with E-state index in [1.54, 1.807) is 0 Å². The summed E-state index contributed by atoms with van der Waals surface area (Å²) >= 11 is 0. The number of nitrogens with zero attached hydrogens (tertiary/aromatic N) is 5. The fourth-order valence-corrected chi connectivity index (χ4v) is 13.2. The quantitative estimate of drug-likeness (QED) is 0.0255. The third kappa shape index (κ3) is 12.0. The Balaban J connectivity index is 1.19. The van der Waals surface area contributed by atoms with Crippen LogP contribution in [0.3, 0.4) is 0 Å². The summed E-state index contributed by atoms with van der Waals surface area (Å²) in [6.45, 7) is 0. The van der Waals surface area contributed by atoms with Gasteiger partial charge >= 0.3 is 0 Å². The average Bonchev–Trinajstić information content (AvgIpc) is 1.51. The van der Waals surface area contributed by atoms with E-state index in [-0.39, 0.29) is 39.2 Å². The normalized spacial score (nSPS) is 11.9. The van der Waals surface area contributed by atoms with Crippen LogP contribution in [0.15, 0.2) is 220 Å². The molecule has 1 aliphatic heterocycles. The summed E-state index contributed by atoms with van der Waals surface area (Å²) in [7, 11) is 0. The molecule has 16 aromatic rings. The summed E-state index contributed by atoms with van der Waals surface area (Å²) in [4.78, 5) is 27.1. The Morgan fingerprint density at radius 1 is 0.223 bits per heavy atom. The topological polar surface area (TPSA) is 198 Å². The highest BCUT2D eigenvalue weighted by molar-refractivity contribution is 6.19. The first kappa shape index (κ1) is 70.3. The van der Waals surface area contributed by atoms with Crippen molar-refractivity contribution in [3.63, 3.8) is 0 Å². The second kappa shape index (κ2) is 27.8. The zero-order valence-electron chi connectivity index (χ0n) is 56.3. The highest BCUT2D eigenvalue weighted by atomic mass is 19.2. The fraction of sp³-hybridized carbons (Fsp3) is 0. The molecule has 0 aliphatic carbocycles. The summed E-state index contributed by atoms with van der Waals surface area (Å²) in [6.07, 6.45) is 0. The van der Waals surface area contributed by atoms with Crippen molar-refractivity contribution in [3.05, 3.63) is 315 Å². The first-order valence-corrected chi connectivity index (χ1v) is 33.4. The molecule has 16 nitrogen and oxygen atoms in total. The number of aromatic nitrogens is 4. The lowest BCUT2D eigenvalue weighted by Crippen LogP contribution is -2.33. The van der Waals surface area contributed by atoms with Gasteiger partial charge in [0.25, 0.3) is 0 Å². The molecule has 32 heteroatoms. The van der Waals surface area contributed by atoms with E-state index < -0.39 is 227 Å². The maximum absolute atomic E-state index is 17.6. The first-order valence-electron chi connectivity index (χ1n) is 33.4. The van der Waals surface area contributed by atoms with E-state index in [0.29, 0.717) is 0 Å². The zero-order valence-corrected chi connectivity index (χ0v) is 56.3. The van der Waals surface area contributed by atoms with Gasteiger partial charge in [0.1, 0.15) is 80.8 Å². The Morgan fingerprint density at radius 2 is 0.491 bits per heavy atom. The molecule has 1 aliphatic rings. The maximum Gasteiger partial charge on any atom is 0.198 e. The highest BCUT2D eigenvalue weighted by Gasteiger charge is 2.35. The van der Waals surface area contributed by atoms with Crippen molar-refractivity contribution in [3.8, 4) is 0 Å². The zero-order chi connectivity index (χ0) is 77.7. The number of nitrogens with one attached hydrogen (secondary N) is 11. The van der Waals surface area contributed by atoms with Crippen molar-refractivity contribution in [2.75, 3.05) is 42.6 Å². The minimum Gasteiger partial charge on any atom is -0.351 e. The summed E-state index contributed by atoms with van der Waals surface area (Å²) < 4.78 is 269. The molecule has 0 saturated heterocycles. The van der Waals surface area contributed by atoms with Crippen LogP contribution in [-0.4, -0.2) is 19.6 Å². The lowest BCUT2D eigenvalue weighted by molar-refractivity contribution is 0.418. The fourth-order valence-electron chi connectivity index (χ4n) is 13.2. The lowest BCUT2D eigenvalue weighted by Gasteiger charge is -2.25. The SMILES string of the molecule is Fc1ccccc1Nc1cc2c3[nH]c(c2c(Nc2ccccc2F)c1Nc1ccccc1F)N=c1c2c(Nc4ccccc4F)c(Nc4ccccc4F)c(Nc4ccccc4F)c(Nc4ccccc4F)c2c(n1Nc1ccccc1F)=Nc1[nH]c(c2c(F)c(F)c(F)c(F)c12)N=c1[nH]c(c2c(F)c(F)c(F)c(F)c12)=N3. The predicted molar refractivity (Wildman–Crippen MR) is 393 cm³/mol. The largest absolute Gasteiger partial charge is 0.351 e. The van der Waals surface area contributed by atoms with Crippen molar-refractivity contribution >= 4 is 152 Å². The molecule has 0 saturated carbocycles. The number of rotatable bonds is 16. The predicted octanol–water partition coefficient (Wildman–Crippen LogP) is 21.5. The van der Waals surface area contributed by atoms with E-state index in [0.717, 1.165) is 59.3 Å². The number of para-hydroxylation sites is 8. The van der Waals surface area contributed by atoms with Crippen LogP contribution >= 0.6 is 0 Å². The van der Waals surface area contributed by atoms with Gasteiger partial charge in [0.15, 0.2) is 57.5 Å². The first-order chi connectivity index (χ1) is 54.2. The van der Waals surface area contributed by atoms with Gasteiger partial charge in [-0.3, -0.25) is 5.43 Å². The number of anilines is 15. The van der Waals surface area contributed by atoms with Gasteiger partial charge in [-0.05, 0) is 103 Å². The van der Waals surface area contributed by atoms with Crippen molar-refractivity contribution in [1.29, 1.82) is 0 Å². The monoisotopic (exact) mass is 1530 g/mol. The third-order valence-electron chi connectivity index (χ3n) is 18.3. The van der Waals surface area contributed by atoms with Crippen LogP contribution in [0, 0.1) is 93.1 Å². The molecule has 0 spiro atoms. The van der Waals surface area contributed by atoms with Gasteiger partial charge in [0, 0.05) is 5.39 Å². The molecule has 0 fully saturated rings. The summed E-state index contributed by atoms with van der Waals surface area (Å²) in [5, 5.41) is 13.9. The van der Waals surface area contributed by atoms with Crippen molar-refractivity contribution in [2.45, 2.75) is 0 Å². The minimum atomic E-state index is -2.50. The standard InChI is InChI=1S/C80H44F16N16/c81-35-17-1-9-25-43(35)97-51-33-34-52(68(99-45-27-11-3-19-37(45)83)67(51)98-44-26-10-2-18-36(44)82)74-104-73(34)105-75-53-54(60(90)64(94)63(93)59(53)89)76(106-75)107-77-55-56(62(92)66(96)65(95)61(55)91)78(108-77)110-80-58-57(79(109-74)112(80)111-50-32-16-8-24-42(50)88)69(100-46-28-12-4-20-38(46)84)71(102-48-30-14-6-22-40(48)86)72(103-49-31-15-7-23-41(49)87)70(58)101-47-29-13-5-21-39(47)85/h1-33,97-103,111H,(H3,104,105,106,107,108,109,110). The highest BCUT2D eigenvalue weighted by Crippen LogP contribution is 2.53. The van der Waals surface area contributed by atoms with Crippen molar-refractivity contribution in [2.24, 2.45) is 20.0 Å². The van der Waals surface area contributed by atoms with E-state index in [1.165, 1.54) is 146 Å². The number of aromatic amines is 3. The smallest absolute Gasteiger partial charge is 0.198 e. The van der Waals surface area contributed by atoms with Crippen molar-refractivity contribution in [1.82, 2.24) is 19.6 Å². The number of benzene rings is 12. The van der Waals surface area contributed by atoms with E-state index in [2.05, 4.69) is 67.6 Å². The molecular formula is C80H44F16N16. The lowest BCUT2D eigenvalue weighted by atomic mass is 10.0. The molecule has 11 N–H and O–H groups in total. The van der Waals surface area contributed by atoms with Crippen LogP contribution in [-0.2, 0) is 0 Å². The van der Waals surface area contributed by atoms with Crippen LogP contribution in [0.4, 0.5) is 179 Å². The number of hydrogen-bond donors (Lipinski definition) is 11. The van der Waals surface area contributed by atoms with E-state index in [4.69, 9.17) is 9.98 Å². The van der Waals surface area contributed by atoms with Gasteiger partial charge in [0.05, 0.1) is 123 Å². The van der Waals surface area contributed by atoms with Gasteiger partial charge in [-0.1, -0.05) is 97.1 Å². The Labute approximate surface area is 616 Å². The number of halogens is 16. The molecular weight excluding hydrogens is 1490 g/mol. The molecule has 4 aromatic heterocycles. The summed E-state index contributed by atoms with van der Waals surface area (Å²) in [5.41, 5.74) is -7.17. The molecule has 0 unspecified atom stereocenters. The van der Waals surface area contributed by atoms with Gasteiger partial charge in [-0.2, -0.15) is 0 Å². The molecule has 0 amide bonds. The molecule has 12 aromatic carbocycles. The summed E-state index contributed by atoms with van der Waals surface area (Å²) in [5.74, 6) is -30.3. The van der Waals surface area contributed by atoms with Crippen LogP contribution < -0.4 is 64.6 Å². The van der Waals surface area contributed by atoms with Crippen LogP contribution in [0.5, 0.6) is 0 Å². The van der Waals surface area contributed by atoms with Gasteiger partial charge < -0.3 is 52.2 Å². The molecule has 0 radical (unpaired) electrons. The molecule has 8 bridgehead atoms. The molecule has 112 heavy (non-hydrogen) atoms. The third-order valence-corrected chi connectivity index (χ3v) is 18.3. The van der Waals surface area contributed by atoms with Gasteiger partial charge in [-0.15, -0.1) is 0 Å². The molecule has 5 heterocycles. The van der Waals surface area contributed by atoms with Crippen LogP contribution in [0.2, 0.25) is 0 Å². The van der Waals surface area contributed by atoms with E-state index in [9.17, 15) is 0 Å². The Morgan fingerprint density at radius 3 is 0.848 bits per heavy atom. The maximum atomic E-state index is 17.6. The van der Waals surface area contributed by atoms with Crippen molar-refractivity contribution < 1.29 is 70.2 Å². The Bertz CT molecular complexity index is 6920. The number of hydrogen-bond acceptors (Lipinski definition) is 12. The molecule has 17 rings (SSSR count). The average molecular weight is 1530 g/mol. The van der Waals surface area contributed by atoms with Gasteiger partial charge in [-0.25, -0.2) is 94.9 Å². The second-order valence-corrected chi connectivity index (χ2v) is 25.1. The minimum absolute atomic E-state index is 0.271. The van der Waals surface area contributed by atoms with Gasteiger partial charge in [0.2, 0.25) is 0 Å². The Kier molecular flexibility index (Phi) is 17.4. The summed E-state index contributed by atoms with van der Waals surface area (Å²) in [6, 6.07) is 40.9. The number of fused-ring (bicyclic) bond motifs is 20. The second-order valence-electron chi connectivity index (χ2n) is 25.1. The van der Waals surface area contributed by atoms with E-state index in [1.807, 2.05) is 0 Å². The number of H-pyrrole nitrogens is 3. The Hall–Kier alpha value is -14.7. The molecule has 0 atom stereocenters. The van der Waals surface area contributed by atoms with E-state index >= 15 is 70.2 Å². The van der Waals surface area contributed by atoms with Crippen LogP contribution in [0.25, 0.3) is 43.1 Å². The van der Waals surface area contributed by atoms with Crippen LogP contribution in [0.1, 0.15) is 0 Å². The molecule has 556 valence electrons.